The fourth-order valence-corrected chi connectivity index (χ4v) is 1.34. The lowest BCUT2D eigenvalue weighted by Gasteiger charge is -2.30. The summed E-state index contributed by atoms with van der Waals surface area (Å²) in [5.74, 6) is 0. The number of hydrogen-bond acceptors (Lipinski definition) is 2. The smallest absolute Gasteiger partial charge is 0.245 e. The molecule has 4 nitrogen and oxygen atoms in total. The van der Waals surface area contributed by atoms with Gasteiger partial charge < -0.3 is 0 Å². The topological polar surface area (TPSA) is 63.4 Å². The predicted octanol–water partition coefficient (Wildman–Crippen LogP) is -0.735. The molecule has 10 heavy (non-hydrogen) atoms. The monoisotopic (exact) mass is 190 g/mol. The fourth-order valence-electron chi connectivity index (χ4n) is 0.596. The van der Waals surface area contributed by atoms with E-state index in [1.165, 1.54) is 0 Å². The van der Waals surface area contributed by atoms with Crippen molar-refractivity contribution in [3.05, 3.63) is 0 Å². The second-order valence-electron chi connectivity index (χ2n) is 1.96. The van der Waals surface area contributed by atoms with Crippen LogP contribution in [0.3, 0.4) is 0 Å². The van der Waals surface area contributed by atoms with E-state index in [4.69, 9.17) is 0 Å². The lowest BCUT2D eigenvalue weighted by atomic mass is 10.3. The zero-order valence-corrected chi connectivity index (χ0v) is 6.66. The Balaban J connectivity index is 0.000000810. The van der Waals surface area contributed by atoms with Gasteiger partial charge in [0.25, 0.3) is 10.2 Å². The van der Waals surface area contributed by atoms with Gasteiger partial charge >= 0.3 is 0 Å². The van der Waals surface area contributed by atoms with Gasteiger partial charge in [-0.05, 0) is 0 Å². The molecule has 0 bridgehead atoms. The summed E-state index contributed by atoms with van der Waals surface area (Å²) in [6.07, 6.45) is -1.02. The van der Waals surface area contributed by atoms with Gasteiger partial charge in [-0.3, -0.25) is 0 Å². The van der Waals surface area contributed by atoms with E-state index in [2.05, 4.69) is 5.14 Å². The van der Waals surface area contributed by atoms with Crippen LogP contribution in [0.15, 0.2) is 0 Å². The summed E-state index contributed by atoms with van der Waals surface area (Å²) < 4.78 is 33.4. The predicted molar refractivity (Wildman–Crippen MR) is 36.8 cm³/mol. The summed E-state index contributed by atoms with van der Waals surface area (Å²) in [6.45, 7) is -0.169. The molecule has 7 heteroatoms. The molecule has 1 fully saturated rings. The van der Waals surface area contributed by atoms with E-state index in [0.717, 1.165) is 4.31 Å². The van der Waals surface area contributed by atoms with Gasteiger partial charge in [0.2, 0.25) is 0 Å². The molecule has 0 spiro atoms. The summed E-state index contributed by atoms with van der Waals surface area (Å²) in [7, 11) is -3.61. The van der Waals surface area contributed by atoms with E-state index in [-0.39, 0.29) is 25.5 Å². The maximum Gasteiger partial charge on any atom is 0.277 e. The van der Waals surface area contributed by atoms with Crippen LogP contribution in [0.4, 0.5) is 4.39 Å². The van der Waals surface area contributed by atoms with Gasteiger partial charge in [-0.2, -0.15) is 12.7 Å². The number of nitrogens with two attached hydrogens (primary N) is 1. The molecule has 2 N–H and O–H groups in total. The second-order valence-corrected chi connectivity index (χ2v) is 3.51. The van der Waals surface area contributed by atoms with E-state index < -0.39 is 16.4 Å². The van der Waals surface area contributed by atoms with Crippen molar-refractivity contribution in [2.24, 2.45) is 5.14 Å². The lowest BCUT2D eigenvalue weighted by Crippen LogP contribution is -2.53. The average Bonchev–Trinajstić information content (AvgIpc) is 1.55. The SMILES string of the molecule is Cl.NS(=O)(=O)N1CC(F)C1. The molecule has 0 saturated carbocycles. The second kappa shape index (κ2) is 3.00. The van der Waals surface area contributed by atoms with Crippen molar-refractivity contribution < 1.29 is 12.8 Å². The maximum absolute atomic E-state index is 11.9. The van der Waals surface area contributed by atoms with E-state index in [1.54, 1.807) is 0 Å². The number of alkyl halides is 1. The zero-order chi connectivity index (χ0) is 7.07. The third-order valence-corrected chi connectivity index (χ3v) is 2.18. The van der Waals surface area contributed by atoms with Gasteiger partial charge in [0.05, 0.1) is 0 Å². The molecule has 0 atom stereocenters. The summed E-state index contributed by atoms with van der Waals surface area (Å²) in [5.41, 5.74) is 0. The minimum atomic E-state index is -3.61. The first-order valence-corrected chi connectivity index (χ1v) is 3.92. The molecule has 0 radical (unpaired) electrons. The largest absolute Gasteiger partial charge is 0.277 e. The molecule has 0 aliphatic carbocycles. The number of rotatable bonds is 1. The van der Waals surface area contributed by atoms with Crippen LogP contribution in [0.5, 0.6) is 0 Å². The first kappa shape index (κ1) is 10.1. The number of nitrogens with zero attached hydrogens (tertiary/aromatic N) is 1. The van der Waals surface area contributed by atoms with Gasteiger partial charge in [0.15, 0.2) is 0 Å². The number of halogens is 2. The Morgan fingerprint density at radius 2 is 1.90 bits per heavy atom. The zero-order valence-electron chi connectivity index (χ0n) is 5.03. The summed E-state index contributed by atoms with van der Waals surface area (Å²) in [5, 5.41) is 4.63. The van der Waals surface area contributed by atoms with Gasteiger partial charge in [0, 0.05) is 13.1 Å². The molecule has 0 amide bonds. The highest BCUT2D eigenvalue weighted by atomic mass is 35.5. The van der Waals surface area contributed by atoms with Gasteiger partial charge in [0.1, 0.15) is 6.17 Å². The Hall–Kier alpha value is 0.0900. The lowest BCUT2D eigenvalue weighted by molar-refractivity contribution is 0.141. The van der Waals surface area contributed by atoms with Crippen molar-refractivity contribution in [1.82, 2.24) is 4.31 Å². The molecule has 1 saturated heterocycles. The number of hydrogen-bond donors (Lipinski definition) is 1. The van der Waals surface area contributed by atoms with Crippen molar-refractivity contribution >= 4 is 22.6 Å². The van der Waals surface area contributed by atoms with E-state index >= 15 is 0 Å². The molecular formula is C3H8ClFN2O2S. The maximum atomic E-state index is 11.9. The Labute approximate surface area is 64.8 Å². The normalized spacial score (nSPS) is 21.4. The van der Waals surface area contributed by atoms with Crippen LogP contribution in [0.1, 0.15) is 0 Å². The fraction of sp³-hybridized carbons (Fsp3) is 1.00. The minimum absolute atomic E-state index is 0. The van der Waals surface area contributed by atoms with Crippen LogP contribution in [0.25, 0.3) is 0 Å². The van der Waals surface area contributed by atoms with E-state index in [1.807, 2.05) is 0 Å². The molecule has 1 aliphatic heterocycles. The van der Waals surface area contributed by atoms with E-state index in [9.17, 15) is 12.8 Å². The molecule has 0 unspecified atom stereocenters. The molecular weight excluding hydrogens is 183 g/mol. The van der Waals surface area contributed by atoms with Crippen molar-refractivity contribution in [2.75, 3.05) is 13.1 Å². The average molecular weight is 191 g/mol. The highest BCUT2D eigenvalue weighted by molar-refractivity contribution is 7.86. The molecule has 0 aromatic heterocycles. The molecule has 1 aliphatic rings. The highest BCUT2D eigenvalue weighted by Gasteiger charge is 2.33. The Morgan fingerprint density at radius 3 is 2.00 bits per heavy atom. The van der Waals surface area contributed by atoms with Crippen molar-refractivity contribution in [3.63, 3.8) is 0 Å². The molecule has 1 rings (SSSR count). The standard InChI is InChI=1S/C3H7FN2O2S.ClH/c4-3-1-6(2-3)9(5,7)8;/h3H,1-2H2,(H2,5,7,8);1H. The highest BCUT2D eigenvalue weighted by Crippen LogP contribution is 2.12. The summed E-state index contributed by atoms with van der Waals surface area (Å²) in [4.78, 5) is 0. The minimum Gasteiger partial charge on any atom is -0.245 e. The van der Waals surface area contributed by atoms with Crippen molar-refractivity contribution in [3.8, 4) is 0 Å². The summed E-state index contributed by atoms with van der Waals surface area (Å²) >= 11 is 0. The Morgan fingerprint density at radius 1 is 1.50 bits per heavy atom. The van der Waals surface area contributed by atoms with Crippen LogP contribution >= 0.6 is 12.4 Å². The quantitative estimate of drug-likeness (QED) is 0.592. The van der Waals surface area contributed by atoms with E-state index in [0.29, 0.717) is 0 Å². The van der Waals surface area contributed by atoms with Gasteiger partial charge in [-0.25, -0.2) is 9.53 Å². The molecule has 0 aromatic rings. The van der Waals surface area contributed by atoms with Crippen LogP contribution in [0, 0.1) is 0 Å². The van der Waals surface area contributed by atoms with Crippen molar-refractivity contribution in [2.45, 2.75) is 6.17 Å². The molecule has 62 valence electrons. The Kier molecular flexibility index (Phi) is 3.02. The third-order valence-electron chi connectivity index (χ3n) is 1.16. The Bertz CT molecular complexity index is 201. The summed E-state index contributed by atoms with van der Waals surface area (Å²) in [6, 6.07) is 0. The van der Waals surface area contributed by atoms with Gasteiger partial charge in [-0.15, -0.1) is 12.4 Å². The van der Waals surface area contributed by atoms with Crippen LogP contribution in [-0.2, 0) is 10.2 Å². The van der Waals surface area contributed by atoms with Crippen molar-refractivity contribution in [1.29, 1.82) is 0 Å². The third kappa shape index (κ3) is 2.05. The first-order chi connectivity index (χ1) is 4.00. The van der Waals surface area contributed by atoms with Crippen LogP contribution in [0.2, 0.25) is 0 Å². The van der Waals surface area contributed by atoms with Gasteiger partial charge in [-0.1, -0.05) is 0 Å². The molecule has 1 heterocycles. The molecule has 0 aromatic carbocycles. The van der Waals surface area contributed by atoms with Crippen LogP contribution < -0.4 is 5.14 Å². The van der Waals surface area contributed by atoms with Crippen LogP contribution in [-0.4, -0.2) is 32.0 Å². The first-order valence-electron chi connectivity index (χ1n) is 2.42.